The molecule has 0 atom stereocenters. The monoisotopic (exact) mass is 271 g/mol. The Bertz CT molecular complexity index is 474. The van der Waals surface area contributed by atoms with Crippen LogP contribution in [0.1, 0.15) is 17.2 Å². The van der Waals surface area contributed by atoms with Gasteiger partial charge in [-0.1, -0.05) is 60.7 Å². The predicted molar refractivity (Wildman–Crippen MR) is 82.7 cm³/mol. The van der Waals surface area contributed by atoms with Gasteiger partial charge in [0.25, 0.3) is 0 Å². The summed E-state index contributed by atoms with van der Waals surface area (Å²) >= 11 is 5.09. The third kappa shape index (κ3) is 3.77. The second-order valence-electron chi connectivity index (χ2n) is 4.10. The van der Waals surface area contributed by atoms with Crippen LogP contribution in [0.3, 0.4) is 0 Å². The Balaban J connectivity index is 2.21. The minimum atomic E-state index is 0.0497. The lowest BCUT2D eigenvalue weighted by Crippen LogP contribution is -2.44. The Kier molecular flexibility index (Phi) is 4.89. The molecule has 4 heteroatoms. The predicted octanol–water partition coefficient (Wildman–Crippen LogP) is 2.37. The van der Waals surface area contributed by atoms with E-state index in [2.05, 4.69) is 40.4 Å². The number of thiocarbonyl (C=S) groups is 1. The Morgan fingerprint density at radius 2 is 1.37 bits per heavy atom. The van der Waals surface area contributed by atoms with Crippen molar-refractivity contribution in [1.29, 1.82) is 0 Å². The van der Waals surface area contributed by atoms with Gasteiger partial charge in [-0.15, -0.1) is 0 Å². The molecule has 2 aromatic carbocycles. The van der Waals surface area contributed by atoms with Gasteiger partial charge < -0.3 is 5.32 Å². The molecule has 19 heavy (non-hydrogen) atoms. The molecule has 0 heterocycles. The number of nitrogens with one attached hydrogen (secondary N) is 3. The third-order valence-electron chi connectivity index (χ3n) is 2.82. The topological polar surface area (TPSA) is 36.1 Å². The normalized spacial score (nSPS) is 10.2. The van der Waals surface area contributed by atoms with E-state index in [0.29, 0.717) is 5.11 Å². The first-order chi connectivity index (χ1) is 9.31. The lowest BCUT2D eigenvalue weighted by Gasteiger charge is -2.21. The third-order valence-corrected chi connectivity index (χ3v) is 3.13. The first-order valence-corrected chi connectivity index (χ1v) is 6.55. The van der Waals surface area contributed by atoms with Gasteiger partial charge in [-0.2, -0.15) is 0 Å². The fourth-order valence-electron chi connectivity index (χ4n) is 1.85. The maximum Gasteiger partial charge on any atom is 0.180 e. The zero-order valence-electron chi connectivity index (χ0n) is 10.8. The van der Waals surface area contributed by atoms with Crippen LogP contribution in [-0.4, -0.2) is 12.2 Å². The molecule has 0 amide bonds. The molecule has 0 unspecified atom stereocenters. The fourth-order valence-corrected chi connectivity index (χ4v) is 1.91. The van der Waals surface area contributed by atoms with Crippen LogP contribution in [0.5, 0.6) is 0 Å². The molecule has 0 radical (unpaired) electrons. The van der Waals surface area contributed by atoms with E-state index >= 15 is 0 Å². The smallest absolute Gasteiger partial charge is 0.180 e. The first-order valence-electron chi connectivity index (χ1n) is 6.14. The molecule has 0 fully saturated rings. The van der Waals surface area contributed by atoms with Crippen LogP contribution in [0.25, 0.3) is 0 Å². The summed E-state index contributed by atoms with van der Waals surface area (Å²) in [5.74, 6) is 0. The maximum atomic E-state index is 5.09. The number of hydrogen-bond donors (Lipinski definition) is 3. The number of benzene rings is 2. The lowest BCUT2D eigenvalue weighted by atomic mass is 9.99. The van der Waals surface area contributed by atoms with Crippen molar-refractivity contribution in [3.63, 3.8) is 0 Å². The van der Waals surface area contributed by atoms with Crippen molar-refractivity contribution in [2.24, 2.45) is 0 Å². The molecule has 3 nitrogen and oxygen atoms in total. The highest BCUT2D eigenvalue weighted by molar-refractivity contribution is 7.80. The molecule has 0 saturated heterocycles. The highest BCUT2D eigenvalue weighted by Gasteiger charge is 2.12. The molecular formula is C15H17N3S. The number of hydrogen-bond acceptors (Lipinski definition) is 2. The van der Waals surface area contributed by atoms with E-state index in [1.165, 1.54) is 11.1 Å². The number of hydrazine groups is 1. The SMILES string of the molecule is CNC(=S)NNC(c1ccccc1)c1ccccc1. The van der Waals surface area contributed by atoms with E-state index < -0.39 is 0 Å². The highest BCUT2D eigenvalue weighted by Crippen LogP contribution is 2.20. The minimum Gasteiger partial charge on any atom is -0.365 e. The van der Waals surface area contributed by atoms with E-state index in [9.17, 15) is 0 Å². The quantitative estimate of drug-likeness (QED) is 0.589. The average molecular weight is 271 g/mol. The molecule has 0 aliphatic carbocycles. The Morgan fingerprint density at radius 1 is 0.895 bits per heavy atom. The van der Waals surface area contributed by atoms with Crippen LogP contribution >= 0.6 is 12.2 Å². The average Bonchev–Trinajstić information content (AvgIpc) is 2.49. The standard InChI is InChI=1S/C15H17N3S/c1-16-15(19)18-17-14(12-8-4-2-5-9-12)13-10-6-3-7-11-13/h2-11,14,17H,1H3,(H2,16,18,19). The van der Waals surface area contributed by atoms with Crippen molar-refractivity contribution in [3.05, 3.63) is 71.8 Å². The molecule has 0 spiro atoms. The van der Waals surface area contributed by atoms with Gasteiger partial charge in [-0.05, 0) is 23.3 Å². The van der Waals surface area contributed by atoms with Crippen molar-refractivity contribution < 1.29 is 0 Å². The summed E-state index contributed by atoms with van der Waals surface area (Å²) in [5.41, 5.74) is 8.61. The van der Waals surface area contributed by atoms with Crippen molar-refractivity contribution in [2.75, 3.05) is 7.05 Å². The van der Waals surface area contributed by atoms with Gasteiger partial charge in [0.05, 0.1) is 6.04 Å². The van der Waals surface area contributed by atoms with E-state index in [4.69, 9.17) is 12.2 Å². The van der Waals surface area contributed by atoms with Gasteiger partial charge in [0.2, 0.25) is 0 Å². The summed E-state index contributed by atoms with van der Waals surface area (Å²) in [6, 6.07) is 20.6. The molecule has 0 saturated carbocycles. The number of rotatable bonds is 4. The summed E-state index contributed by atoms with van der Waals surface area (Å²) < 4.78 is 0. The molecule has 0 aliphatic heterocycles. The van der Waals surface area contributed by atoms with Gasteiger partial charge >= 0.3 is 0 Å². The van der Waals surface area contributed by atoms with Gasteiger partial charge in [-0.25, -0.2) is 5.43 Å². The van der Waals surface area contributed by atoms with Gasteiger partial charge in [0, 0.05) is 7.05 Å². The molecule has 2 rings (SSSR count). The van der Waals surface area contributed by atoms with Crippen LogP contribution < -0.4 is 16.2 Å². The Morgan fingerprint density at radius 3 is 1.79 bits per heavy atom. The highest BCUT2D eigenvalue weighted by atomic mass is 32.1. The molecule has 0 bridgehead atoms. The molecule has 98 valence electrons. The summed E-state index contributed by atoms with van der Waals surface area (Å²) in [6.07, 6.45) is 0. The van der Waals surface area contributed by atoms with Gasteiger partial charge in [-0.3, -0.25) is 5.43 Å². The Labute approximate surface area is 119 Å². The van der Waals surface area contributed by atoms with E-state index in [1.807, 2.05) is 36.4 Å². The zero-order chi connectivity index (χ0) is 13.5. The Hall–Kier alpha value is -1.91. The maximum absolute atomic E-state index is 5.09. The summed E-state index contributed by atoms with van der Waals surface area (Å²) in [4.78, 5) is 0. The first kappa shape index (κ1) is 13.5. The van der Waals surface area contributed by atoms with Gasteiger partial charge in [0.15, 0.2) is 5.11 Å². The van der Waals surface area contributed by atoms with Crippen molar-refractivity contribution >= 4 is 17.3 Å². The molecule has 0 aromatic heterocycles. The largest absolute Gasteiger partial charge is 0.365 e. The second-order valence-corrected chi connectivity index (χ2v) is 4.51. The molecular weight excluding hydrogens is 254 g/mol. The zero-order valence-corrected chi connectivity index (χ0v) is 11.6. The minimum absolute atomic E-state index is 0.0497. The second kappa shape index (κ2) is 6.87. The molecule has 3 N–H and O–H groups in total. The molecule has 0 aliphatic rings. The van der Waals surface area contributed by atoms with E-state index in [-0.39, 0.29) is 6.04 Å². The van der Waals surface area contributed by atoms with Gasteiger partial charge in [0.1, 0.15) is 0 Å². The summed E-state index contributed by atoms with van der Waals surface area (Å²) in [6.45, 7) is 0. The van der Waals surface area contributed by atoms with Crippen LogP contribution in [0.4, 0.5) is 0 Å². The lowest BCUT2D eigenvalue weighted by molar-refractivity contribution is 0.569. The van der Waals surface area contributed by atoms with Crippen molar-refractivity contribution in [1.82, 2.24) is 16.2 Å². The fraction of sp³-hybridized carbons (Fsp3) is 0.133. The molecule has 2 aromatic rings. The van der Waals surface area contributed by atoms with E-state index in [1.54, 1.807) is 7.05 Å². The van der Waals surface area contributed by atoms with Crippen LogP contribution in [0, 0.1) is 0 Å². The van der Waals surface area contributed by atoms with Crippen LogP contribution in [0.2, 0.25) is 0 Å². The van der Waals surface area contributed by atoms with Crippen molar-refractivity contribution in [2.45, 2.75) is 6.04 Å². The summed E-state index contributed by atoms with van der Waals surface area (Å²) in [5, 5.41) is 3.45. The van der Waals surface area contributed by atoms with Crippen LogP contribution in [-0.2, 0) is 0 Å². The summed E-state index contributed by atoms with van der Waals surface area (Å²) in [7, 11) is 1.79. The van der Waals surface area contributed by atoms with Crippen molar-refractivity contribution in [3.8, 4) is 0 Å². The van der Waals surface area contributed by atoms with Crippen LogP contribution in [0.15, 0.2) is 60.7 Å². The van der Waals surface area contributed by atoms with E-state index in [0.717, 1.165) is 0 Å².